The van der Waals surface area contributed by atoms with Crippen LogP contribution in [0.4, 0.5) is 0 Å². The minimum atomic E-state index is 0.695. The maximum absolute atomic E-state index is 5.12. The predicted octanol–water partition coefficient (Wildman–Crippen LogP) is 3.03. The molecule has 0 saturated heterocycles. The summed E-state index contributed by atoms with van der Waals surface area (Å²) < 4.78 is 5.12. The van der Waals surface area contributed by atoms with Crippen LogP contribution in [0.2, 0.25) is 0 Å². The Morgan fingerprint density at radius 3 is 2.72 bits per heavy atom. The first-order chi connectivity index (χ1) is 8.67. The molecule has 0 aliphatic rings. The third kappa shape index (κ3) is 5.46. The van der Waals surface area contributed by atoms with Gasteiger partial charge in [-0.05, 0) is 18.9 Å². The zero-order chi connectivity index (χ0) is 13.4. The second kappa shape index (κ2) is 8.62. The molecular weight excluding hydrogens is 244 g/mol. The summed E-state index contributed by atoms with van der Waals surface area (Å²) in [5.74, 6) is 0.695. The van der Waals surface area contributed by atoms with Gasteiger partial charge in [0.15, 0.2) is 0 Å². The molecule has 0 fully saturated rings. The minimum absolute atomic E-state index is 0.695. The average molecular weight is 270 g/mol. The van der Waals surface area contributed by atoms with E-state index in [2.05, 4.69) is 26.1 Å². The monoisotopic (exact) mass is 270 g/mol. The first kappa shape index (κ1) is 15.6. The molecule has 0 saturated carbocycles. The van der Waals surface area contributed by atoms with Gasteiger partial charge >= 0.3 is 0 Å². The molecule has 104 valence electrons. The number of rotatable bonds is 9. The fraction of sp³-hybridized carbons (Fsp3) is 0.786. The standard InChI is InChI=1S/C14H26N2OS/c1-5-6-12-13(10-15-9-11(2)3)18-14(16-12)7-8-17-4/h11,15H,5-10H2,1-4H3. The molecule has 0 aliphatic carbocycles. The van der Waals surface area contributed by atoms with E-state index >= 15 is 0 Å². The molecule has 0 atom stereocenters. The van der Waals surface area contributed by atoms with Crippen molar-refractivity contribution in [3.8, 4) is 0 Å². The Morgan fingerprint density at radius 2 is 2.11 bits per heavy atom. The molecule has 0 aromatic carbocycles. The highest BCUT2D eigenvalue weighted by molar-refractivity contribution is 7.11. The molecule has 1 aromatic rings. The summed E-state index contributed by atoms with van der Waals surface area (Å²) in [6.45, 7) is 9.46. The normalized spacial score (nSPS) is 11.4. The summed E-state index contributed by atoms with van der Waals surface area (Å²) >= 11 is 1.84. The van der Waals surface area contributed by atoms with Gasteiger partial charge in [-0.1, -0.05) is 27.2 Å². The Kier molecular flexibility index (Phi) is 7.47. The number of nitrogens with zero attached hydrogens (tertiary/aromatic N) is 1. The molecule has 3 nitrogen and oxygen atoms in total. The third-order valence-electron chi connectivity index (χ3n) is 2.67. The van der Waals surface area contributed by atoms with Crippen LogP contribution in [-0.2, 0) is 24.1 Å². The van der Waals surface area contributed by atoms with Crippen molar-refractivity contribution < 1.29 is 4.74 Å². The van der Waals surface area contributed by atoms with Crippen molar-refractivity contribution >= 4 is 11.3 Å². The van der Waals surface area contributed by atoms with E-state index in [-0.39, 0.29) is 0 Å². The van der Waals surface area contributed by atoms with Crippen LogP contribution in [0.1, 0.15) is 42.8 Å². The molecule has 0 amide bonds. The number of nitrogens with one attached hydrogen (secondary N) is 1. The second-order valence-corrected chi connectivity index (χ2v) is 6.16. The van der Waals surface area contributed by atoms with Crippen LogP contribution in [0.3, 0.4) is 0 Å². The summed E-state index contributed by atoms with van der Waals surface area (Å²) in [4.78, 5) is 6.14. The molecule has 0 radical (unpaired) electrons. The highest BCUT2D eigenvalue weighted by Crippen LogP contribution is 2.20. The molecule has 1 heterocycles. The molecule has 0 aliphatic heterocycles. The van der Waals surface area contributed by atoms with E-state index in [1.807, 2.05) is 11.3 Å². The van der Waals surface area contributed by atoms with Gasteiger partial charge in [0.2, 0.25) is 0 Å². The fourth-order valence-corrected chi connectivity index (χ4v) is 2.84. The van der Waals surface area contributed by atoms with Crippen LogP contribution in [0.15, 0.2) is 0 Å². The zero-order valence-corrected chi connectivity index (χ0v) is 12.9. The van der Waals surface area contributed by atoms with Gasteiger partial charge in [0, 0.05) is 25.0 Å². The second-order valence-electron chi connectivity index (χ2n) is 5.00. The van der Waals surface area contributed by atoms with E-state index < -0.39 is 0 Å². The Morgan fingerprint density at radius 1 is 1.33 bits per heavy atom. The van der Waals surface area contributed by atoms with Crippen LogP contribution in [0.25, 0.3) is 0 Å². The summed E-state index contributed by atoms with van der Waals surface area (Å²) in [7, 11) is 1.74. The molecule has 1 aromatic heterocycles. The number of thiazole rings is 1. The van der Waals surface area contributed by atoms with Crippen LogP contribution in [0.5, 0.6) is 0 Å². The quantitative estimate of drug-likeness (QED) is 0.749. The van der Waals surface area contributed by atoms with Crippen LogP contribution in [-0.4, -0.2) is 25.2 Å². The lowest BCUT2D eigenvalue weighted by Crippen LogP contribution is -2.19. The van der Waals surface area contributed by atoms with Crippen molar-refractivity contribution in [2.45, 2.75) is 46.6 Å². The largest absolute Gasteiger partial charge is 0.384 e. The van der Waals surface area contributed by atoms with Crippen molar-refractivity contribution in [2.24, 2.45) is 5.92 Å². The van der Waals surface area contributed by atoms with E-state index in [4.69, 9.17) is 9.72 Å². The number of methoxy groups -OCH3 is 1. The highest BCUT2D eigenvalue weighted by atomic mass is 32.1. The zero-order valence-electron chi connectivity index (χ0n) is 12.1. The van der Waals surface area contributed by atoms with Gasteiger partial charge < -0.3 is 10.1 Å². The molecule has 0 spiro atoms. The van der Waals surface area contributed by atoms with Gasteiger partial charge in [0.05, 0.1) is 17.3 Å². The fourth-order valence-electron chi connectivity index (χ4n) is 1.78. The van der Waals surface area contributed by atoms with E-state index in [0.717, 1.165) is 39.0 Å². The molecular formula is C14H26N2OS. The summed E-state index contributed by atoms with van der Waals surface area (Å²) in [5.41, 5.74) is 1.28. The summed E-state index contributed by atoms with van der Waals surface area (Å²) in [6.07, 6.45) is 3.18. The molecule has 1 rings (SSSR count). The SMILES string of the molecule is CCCc1nc(CCOC)sc1CNCC(C)C. The topological polar surface area (TPSA) is 34.1 Å². The number of ether oxygens (including phenoxy) is 1. The van der Waals surface area contributed by atoms with Crippen LogP contribution in [0, 0.1) is 5.92 Å². The summed E-state index contributed by atoms with van der Waals surface area (Å²) in [5, 5.41) is 4.72. The molecule has 18 heavy (non-hydrogen) atoms. The van der Waals surface area contributed by atoms with Gasteiger partial charge in [-0.25, -0.2) is 4.98 Å². The Hall–Kier alpha value is -0.450. The lowest BCUT2D eigenvalue weighted by Gasteiger charge is -2.06. The minimum Gasteiger partial charge on any atom is -0.384 e. The highest BCUT2D eigenvalue weighted by Gasteiger charge is 2.10. The first-order valence-electron chi connectivity index (χ1n) is 6.84. The van der Waals surface area contributed by atoms with Crippen LogP contribution < -0.4 is 5.32 Å². The van der Waals surface area contributed by atoms with Gasteiger partial charge in [0.1, 0.15) is 0 Å². The Balaban J connectivity index is 2.58. The number of aromatic nitrogens is 1. The van der Waals surface area contributed by atoms with Crippen molar-refractivity contribution in [1.82, 2.24) is 10.3 Å². The van der Waals surface area contributed by atoms with Gasteiger partial charge in [-0.15, -0.1) is 11.3 Å². The Bertz CT molecular complexity index is 337. The number of hydrogen-bond donors (Lipinski definition) is 1. The maximum Gasteiger partial charge on any atom is 0.0954 e. The van der Waals surface area contributed by atoms with Crippen LogP contribution >= 0.6 is 11.3 Å². The lowest BCUT2D eigenvalue weighted by molar-refractivity contribution is 0.202. The van der Waals surface area contributed by atoms with Crippen molar-refractivity contribution in [1.29, 1.82) is 0 Å². The van der Waals surface area contributed by atoms with Gasteiger partial charge in [0.25, 0.3) is 0 Å². The first-order valence-corrected chi connectivity index (χ1v) is 7.66. The van der Waals surface area contributed by atoms with Gasteiger partial charge in [-0.3, -0.25) is 0 Å². The molecule has 1 N–H and O–H groups in total. The average Bonchev–Trinajstić information content (AvgIpc) is 2.69. The van der Waals surface area contributed by atoms with Crippen molar-refractivity contribution in [3.63, 3.8) is 0 Å². The van der Waals surface area contributed by atoms with Gasteiger partial charge in [-0.2, -0.15) is 0 Å². The third-order valence-corrected chi connectivity index (χ3v) is 3.82. The van der Waals surface area contributed by atoms with E-state index in [9.17, 15) is 0 Å². The Labute approximate surface area is 115 Å². The number of aryl methyl sites for hydroxylation is 1. The predicted molar refractivity (Wildman–Crippen MR) is 78.2 cm³/mol. The molecule has 0 bridgehead atoms. The number of hydrogen-bond acceptors (Lipinski definition) is 4. The van der Waals surface area contributed by atoms with E-state index in [0.29, 0.717) is 5.92 Å². The molecule has 0 unspecified atom stereocenters. The van der Waals surface area contributed by atoms with Crippen molar-refractivity contribution in [3.05, 3.63) is 15.6 Å². The lowest BCUT2D eigenvalue weighted by atomic mass is 10.2. The van der Waals surface area contributed by atoms with Crippen molar-refractivity contribution in [2.75, 3.05) is 20.3 Å². The van der Waals surface area contributed by atoms with E-state index in [1.54, 1.807) is 7.11 Å². The smallest absolute Gasteiger partial charge is 0.0954 e. The van der Waals surface area contributed by atoms with E-state index in [1.165, 1.54) is 15.6 Å². The summed E-state index contributed by atoms with van der Waals surface area (Å²) in [6, 6.07) is 0. The molecule has 4 heteroatoms. The maximum atomic E-state index is 5.12.